The smallest absolute Gasteiger partial charge is 0.274 e. The maximum absolute atomic E-state index is 13.6. The number of fused-ring (bicyclic) bond motifs is 3. The molecule has 0 saturated carbocycles. The van der Waals surface area contributed by atoms with Gasteiger partial charge in [-0.05, 0) is 60.9 Å². The quantitative estimate of drug-likeness (QED) is 0.599. The summed E-state index contributed by atoms with van der Waals surface area (Å²) in [6.45, 7) is 9.01. The average molecular weight is 465 g/mol. The summed E-state index contributed by atoms with van der Waals surface area (Å²) in [6.07, 6.45) is 3.00. The Morgan fingerprint density at radius 2 is 1.85 bits per heavy atom. The molecule has 1 saturated heterocycles. The van der Waals surface area contributed by atoms with E-state index in [2.05, 4.69) is 30.2 Å². The number of carbonyl (C=O) groups excluding carboxylic acids is 1. The van der Waals surface area contributed by atoms with Crippen molar-refractivity contribution in [1.29, 1.82) is 0 Å². The molecule has 0 unspecified atom stereocenters. The molecule has 1 N–H and O–H groups in total. The standard InChI is InChI=1S/C26H32N4O2S/c1-18(2)9-11-28-12-14-29(15-13-28)26(32)24-22-7-8-23-21(10-16-33-23)25(22)30(27-24)20-5-3-19(17-31)4-6-20/h3-6,10,16,18,31H,7-9,11-15,17H2,1-2H3. The van der Waals surface area contributed by atoms with E-state index in [1.54, 1.807) is 11.3 Å². The summed E-state index contributed by atoms with van der Waals surface area (Å²) in [5.41, 5.74) is 5.69. The summed E-state index contributed by atoms with van der Waals surface area (Å²) in [6, 6.07) is 9.93. The Kier molecular flexibility index (Phi) is 6.36. The molecule has 2 aliphatic rings. The van der Waals surface area contributed by atoms with Gasteiger partial charge in [-0.25, -0.2) is 4.68 Å². The third-order valence-electron chi connectivity index (χ3n) is 6.83. The second kappa shape index (κ2) is 9.41. The first-order valence-corrected chi connectivity index (χ1v) is 12.8. The number of hydrogen-bond acceptors (Lipinski definition) is 5. The SMILES string of the molecule is CC(C)CCN1CCN(C(=O)c2nn(-c3ccc(CO)cc3)c3c2CCc2sccc2-3)CC1. The minimum atomic E-state index is 0.0130. The second-order valence-electron chi connectivity index (χ2n) is 9.49. The Morgan fingerprint density at radius 3 is 2.55 bits per heavy atom. The van der Waals surface area contributed by atoms with Crippen LogP contribution in [0.5, 0.6) is 0 Å². The highest BCUT2D eigenvalue weighted by molar-refractivity contribution is 7.10. The lowest BCUT2D eigenvalue weighted by Crippen LogP contribution is -2.49. The summed E-state index contributed by atoms with van der Waals surface area (Å²) in [5.74, 6) is 0.757. The van der Waals surface area contributed by atoms with Crippen LogP contribution in [0.2, 0.25) is 0 Å². The fourth-order valence-electron chi connectivity index (χ4n) is 4.81. The molecule has 7 heteroatoms. The molecule has 3 heterocycles. The molecule has 1 amide bonds. The zero-order chi connectivity index (χ0) is 22.9. The van der Waals surface area contributed by atoms with Gasteiger partial charge in [0.1, 0.15) is 0 Å². The van der Waals surface area contributed by atoms with Gasteiger partial charge in [-0.1, -0.05) is 26.0 Å². The van der Waals surface area contributed by atoms with Crippen LogP contribution in [0.15, 0.2) is 35.7 Å². The lowest BCUT2D eigenvalue weighted by molar-refractivity contribution is 0.0624. The molecule has 0 spiro atoms. The number of aliphatic hydroxyl groups is 1. The van der Waals surface area contributed by atoms with Crippen LogP contribution in [0.3, 0.4) is 0 Å². The molecule has 1 aliphatic carbocycles. The van der Waals surface area contributed by atoms with Crippen molar-refractivity contribution in [2.75, 3.05) is 32.7 Å². The lowest BCUT2D eigenvalue weighted by atomic mass is 9.94. The van der Waals surface area contributed by atoms with E-state index in [1.807, 2.05) is 33.8 Å². The van der Waals surface area contributed by atoms with E-state index in [-0.39, 0.29) is 12.5 Å². The fraction of sp³-hybridized carbons (Fsp3) is 0.462. The van der Waals surface area contributed by atoms with Gasteiger partial charge >= 0.3 is 0 Å². The molecule has 174 valence electrons. The maximum Gasteiger partial charge on any atom is 0.274 e. The molecule has 0 radical (unpaired) electrons. The van der Waals surface area contributed by atoms with Gasteiger partial charge in [0.15, 0.2) is 5.69 Å². The van der Waals surface area contributed by atoms with Gasteiger partial charge in [0.2, 0.25) is 0 Å². The van der Waals surface area contributed by atoms with Gasteiger partial charge in [-0.3, -0.25) is 9.69 Å². The van der Waals surface area contributed by atoms with Crippen LogP contribution in [-0.4, -0.2) is 63.3 Å². The Balaban J connectivity index is 1.45. The molecule has 0 atom stereocenters. The number of nitrogens with zero attached hydrogens (tertiary/aromatic N) is 4. The van der Waals surface area contributed by atoms with Gasteiger partial charge in [0.05, 0.1) is 18.0 Å². The molecular weight excluding hydrogens is 432 g/mol. The summed E-state index contributed by atoms with van der Waals surface area (Å²) in [4.78, 5) is 19.4. The van der Waals surface area contributed by atoms with Gasteiger partial charge < -0.3 is 10.0 Å². The molecule has 0 bridgehead atoms. The number of amides is 1. The van der Waals surface area contributed by atoms with E-state index in [0.717, 1.165) is 68.1 Å². The first-order valence-electron chi connectivity index (χ1n) is 12.0. The van der Waals surface area contributed by atoms with Crippen LogP contribution in [-0.2, 0) is 19.4 Å². The Labute approximate surface area is 199 Å². The van der Waals surface area contributed by atoms with E-state index in [1.165, 1.54) is 16.9 Å². The van der Waals surface area contributed by atoms with E-state index in [4.69, 9.17) is 5.10 Å². The van der Waals surface area contributed by atoms with E-state index in [9.17, 15) is 9.90 Å². The first kappa shape index (κ1) is 22.3. The molecule has 5 rings (SSSR count). The van der Waals surface area contributed by atoms with Crippen molar-refractivity contribution in [3.63, 3.8) is 0 Å². The normalized spacial score (nSPS) is 16.2. The van der Waals surface area contributed by atoms with Crippen molar-refractivity contribution in [3.8, 4) is 16.9 Å². The zero-order valence-corrected chi connectivity index (χ0v) is 20.3. The minimum Gasteiger partial charge on any atom is -0.392 e. The Morgan fingerprint density at radius 1 is 1.09 bits per heavy atom. The highest BCUT2D eigenvalue weighted by Crippen LogP contribution is 2.39. The predicted octanol–water partition coefficient (Wildman–Crippen LogP) is 4.00. The van der Waals surface area contributed by atoms with Crippen molar-refractivity contribution >= 4 is 17.2 Å². The van der Waals surface area contributed by atoms with Crippen molar-refractivity contribution in [3.05, 3.63) is 57.4 Å². The van der Waals surface area contributed by atoms with Gasteiger partial charge in [-0.2, -0.15) is 5.10 Å². The number of aryl methyl sites for hydroxylation is 1. The van der Waals surface area contributed by atoms with Crippen LogP contribution in [0, 0.1) is 5.92 Å². The molecule has 1 fully saturated rings. The number of carbonyl (C=O) groups is 1. The van der Waals surface area contributed by atoms with Crippen LogP contribution in [0.4, 0.5) is 0 Å². The third-order valence-corrected chi connectivity index (χ3v) is 7.82. The first-order chi connectivity index (χ1) is 16.0. The Hall–Kier alpha value is -2.48. The molecule has 33 heavy (non-hydrogen) atoms. The zero-order valence-electron chi connectivity index (χ0n) is 19.5. The Bertz CT molecular complexity index is 1120. The maximum atomic E-state index is 13.6. The number of aliphatic hydroxyl groups excluding tert-OH is 1. The van der Waals surface area contributed by atoms with Crippen molar-refractivity contribution in [2.45, 2.75) is 39.7 Å². The van der Waals surface area contributed by atoms with E-state index in [0.29, 0.717) is 11.6 Å². The molecule has 3 aromatic rings. The monoisotopic (exact) mass is 464 g/mol. The van der Waals surface area contributed by atoms with Crippen LogP contribution < -0.4 is 0 Å². The van der Waals surface area contributed by atoms with Crippen LogP contribution in [0.25, 0.3) is 16.9 Å². The van der Waals surface area contributed by atoms with Gasteiger partial charge in [0, 0.05) is 42.2 Å². The number of hydrogen-bond donors (Lipinski definition) is 1. The minimum absolute atomic E-state index is 0.0130. The topological polar surface area (TPSA) is 61.6 Å². The average Bonchev–Trinajstić information content (AvgIpc) is 3.47. The number of benzene rings is 1. The van der Waals surface area contributed by atoms with Crippen LogP contribution in [0.1, 0.15) is 46.8 Å². The van der Waals surface area contributed by atoms with Crippen molar-refractivity contribution in [1.82, 2.24) is 19.6 Å². The lowest BCUT2D eigenvalue weighted by Gasteiger charge is -2.34. The number of thiophene rings is 1. The number of rotatable bonds is 6. The molecule has 1 aromatic carbocycles. The molecular formula is C26H32N4O2S. The summed E-state index contributed by atoms with van der Waals surface area (Å²) in [5, 5.41) is 16.5. The largest absolute Gasteiger partial charge is 0.392 e. The molecule has 2 aromatic heterocycles. The molecule has 1 aliphatic heterocycles. The van der Waals surface area contributed by atoms with Gasteiger partial charge in [0.25, 0.3) is 5.91 Å². The highest BCUT2D eigenvalue weighted by Gasteiger charge is 2.32. The van der Waals surface area contributed by atoms with Gasteiger partial charge in [-0.15, -0.1) is 11.3 Å². The molecule has 6 nitrogen and oxygen atoms in total. The van der Waals surface area contributed by atoms with Crippen molar-refractivity contribution < 1.29 is 9.90 Å². The van der Waals surface area contributed by atoms with E-state index >= 15 is 0 Å². The summed E-state index contributed by atoms with van der Waals surface area (Å²) >= 11 is 1.78. The summed E-state index contributed by atoms with van der Waals surface area (Å²) < 4.78 is 1.94. The highest BCUT2D eigenvalue weighted by atomic mass is 32.1. The van der Waals surface area contributed by atoms with E-state index < -0.39 is 0 Å². The number of piperazine rings is 1. The number of aromatic nitrogens is 2. The predicted molar refractivity (Wildman–Crippen MR) is 132 cm³/mol. The van der Waals surface area contributed by atoms with Crippen LogP contribution >= 0.6 is 11.3 Å². The summed E-state index contributed by atoms with van der Waals surface area (Å²) in [7, 11) is 0. The third kappa shape index (κ3) is 4.37. The second-order valence-corrected chi connectivity index (χ2v) is 10.5. The van der Waals surface area contributed by atoms with Crippen molar-refractivity contribution in [2.24, 2.45) is 5.92 Å². The fourth-order valence-corrected chi connectivity index (χ4v) is 5.69.